The van der Waals surface area contributed by atoms with E-state index in [0.717, 1.165) is 5.39 Å². The summed E-state index contributed by atoms with van der Waals surface area (Å²) in [5.74, 6) is 0.0342. The van der Waals surface area contributed by atoms with Gasteiger partial charge in [-0.25, -0.2) is 4.79 Å². The van der Waals surface area contributed by atoms with E-state index in [4.69, 9.17) is 18.4 Å². The molecule has 0 saturated carbocycles. The molecule has 1 aromatic carbocycles. The molecular formula is C22H21N3O5. The number of rotatable bonds is 7. The lowest BCUT2D eigenvalue weighted by atomic mass is 10.1. The number of benzene rings is 1. The molecule has 0 aliphatic carbocycles. The lowest BCUT2D eigenvalue weighted by molar-refractivity contribution is 0.0218. The van der Waals surface area contributed by atoms with Crippen LogP contribution in [0.1, 0.15) is 48.9 Å². The Morgan fingerprint density at radius 3 is 2.73 bits per heavy atom. The summed E-state index contributed by atoms with van der Waals surface area (Å²) in [5, 5.41) is 4.74. The van der Waals surface area contributed by atoms with E-state index in [9.17, 15) is 4.79 Å². The van der Waals surface area contributed by atoms with Gasteiger partial charge in [0.15, 0.2) is 6.10 Å². The second kappa shape index (κ2) is 8.46. The monoisotopic (exact) mass is 407 g/mol. The maximum absolute atomic E-state index is 12.9. The topological polar surface area (TPSA) is 100 Å². The van der Waals surface area contributed by atoms with Crippen LogP contribution in [0, 0.1) is 0 Å². The Bertz CT molecular complexity index is 1150. The number of carbonyl (C=O) groups is 1. The van der Waals surface area contributed by atoms with E-state index in [1.54, 1.807) is 31.5 Å². The molecule has 0 amide bonds. The van der Waals surface area contributed by atoms with Gasteiger partial charge >= 0.3 is 5.97 Å². The van der Waals surface area contributed by atoms with Crippen molar-refractivity contribution in [3.8, 4) is 11.4 Å². The van der Waals surface area contributed by atoms with Crippen LogP contribution < -0.4 is 0 Å². The maximum Gasteiger partial charge on any atom is 0.375 e. The molecule has 154 valence electrons. The minimum atomic E-state index is -0.762. The summed E-state index contributed by atoms with van der Waals surface area (Å²) in [5.41, 5.74) is 1.95. The highest BCUT2D eigenvalue weighted by molar-refractivity contribution is 5.96. The van der Waals surface area contributed by atoms with Crippen molar-refractivity contribution in [1.82, 2.24) is 15.1 Å². The van der Waals surface area contributed by atoms with Gasteiger partial charge in [0.25, 0.3) is 5.89 Å². The van der Waals surface area contributed by atoms with Gasteiger partial charge in [-0.05, 0) is 39.0 Å². The number of hydrogen-bond acceptors (Lipinski definition) is 8. The van der Waals surface area contributed by atoms with Crippen molar-refractivity contribution in [2.24, 2.45) is 0 Å². The summed E-state index contributed by atoms with van der Waals surface area (Å²) in [6, 6.07) is 11.0. The Kier molecular flexibility index (Phi) is 5.58. The highest BCUT2D eigenvalue weighted by atomic mass is 16.6. The van der Waals surface area contributed by atoms with Gasteiger partial charge in [-0.3, -0.25) is 4.98 Å². The van der Waals surface area contributed by atoms with Crippen LogP contribution in [0.5, 0.6) is 0 Å². The van der Waals surface area contributed by atoms with Crippen molar-refractivity contribution in [2.75, 3.05) is 0 Å². The van der Waals surface area contributed by atoms with Crippen molar-refractivity contribution >= 4 is 16.9 Å². The van der Waals surface area contributed by atoms with E-state index in [2.05, 4.69) is 15.1 Å². The first-order valence-electron chi connectivity index (χ1n) is 9.60. The van der Waals surface area contributed by atoms with Crippen LogP contribution in [0.3, 0.4) is 0 Å². The summed E-state index contributed by atoms with van der Waals surface area (Å²) in [4.78, 5) is 21.2. The molecule has 3 aromatic heterocycles. The molecule has 0 N–H and O–H groups in total. The van der Waals surface area contributed by atoms with E-state index in [1.165, 1.54) is 0 Å². The number of esters is 1. The number of ether oxygens (including phenoxy) is 2. The molecule has 0 spiro atoms. The Hall–Kier alpha value is -3.52. The summed E-state index contributed by atoms with van der Waals surface area (Å²) >= 11 is 0. The Balaban J connectivity index is 1.56. The minimum Gasteiger partial charge on any atom is -0.449 e. The normalized spacial score (nSPS) is 12.4. The van der Waals surface area contributed by atoms with Crippen LogP contribution in [-0.2, 0) is 16.1 Å². The van der Waals surface area contributed by atoms with Crippen LogP contribution in [0.2, 0.25) is 0 Å². The first-order valence-corrected chi connectivity index (χ1v) is 9.60. The van der Waals surface area contributed by atoms with Gasteiger partial charge in [0.1, 0.15) is 5.58 Å². The van der Waals surface area contributed by atoms with E-state index in [1.807, 2.05) is 38.1 Å². The highest BCUT2D eigenvalue weighted by Crippen LogP contribution is 2.29. The molecule has 4 aromatic rings. The molecule has 3 heterocycles. The second-order valence-corrected chi connectivity index (χ2v) is 7.01. The van der Waals surface area contributed by atoms with Crippen LogP contribution in [-0.4, -0.2) is 27.2 Å². The third kappa shape index (κ3) is 4.08. The fourth-order valence-electron chi connectivity index (χ4n) is 2.93. The third-order valence-corrected chi connectivity index (χ3v) is 4.44. The molecule has 0 aliphatic heterocycles. The molecule has 1 atom stereocenters. The number of hydrogen-bond donors (Lipinski definition) is 0. The number of carbonyl (C=O) groups excluding carboxylic acids is 1. The van der Waals surface area contributed by atoms with Gasteiger partial charge in [0.05, 0.1) is 12.7 Å². The smallest absolute Gasteiger partial charge is 0.375 e. The van der Waals surface area contributed by atoms with E-state index in [0.29, 0.717) is 22.5 Å². The fourth-order valence-corrected chi connectivity index (χ4v) is 2.93. The molecule has 8 heteroatoms. The molecule has 8 nitrogen and oxygen atoms in total. The molecule has 0 aliphatic rings. The summed E-state index contributed by atoms with van der Waals surface area (Å²) in [6.45, 7) is 5.75. The van der Waals surface area contributed by atoms with Gasteiger partial charge in [-0.2, -0.15) is 4.98 Å². The average molecular weight is 407 g/mol. The predicted octanol–water partition coefficient (Wildman–Crippen LogP) is 4.72. The average Bonchev–Trinajstić information content (AvgIpc) is 3.38. The third-order valence-electron chi connectivity index (χ3n) is 4.44. The van der Waals surface area contributed by atoms with Gasteiger partial charge in [0.2, 0.25) is 11.6 Å². The largest absolute Gasteiger partial charge is 0.449 e. The first kappa shape index (κ1) is 19.8. The number of furan rings is 1. The Labute approximate surface area is 172 Å². The van der Waals surface area contributed by atoms with Gasteiger partial charge in [0, 0.05) is 28.9 Å². The zero-order valence-electron chi connectivity index (χ0n) is 16.9. The molecule has 0 saturated heterocycles. The molecule has 0 radical (unpaired) electrons. The summed E-state index contributed by atoms with van der Waals surface area (Å²) in [6.07, 6.45) is 2.53. The minimum absolute atomic E-state index is 0.00532. The molecule has 1 unspecified atom stereocenters. The standard InChI is InChI=1S/C22H21N3O5/c1-13(2)27-12-17-16-8-4-5-9-18(16)29-19(17)22(26)28-14(3)21-24-20(25-30-21)15-7-6-10-23-11-15/h4-11,13-14H,12H2,1-3H3. The van der Waals surface area contributed by atoms with Crippen molar-refractivity contribution in [1.29, 1.82) is 0 Å². The zero-order valence-corrected chi connectivity index (χ0v) is 16.9. The summed E-state index contributed by atoms with van der Waals surface area (Å²) < 4.78 is 22.3. The lowest BCUT2D eigenvalue weighted by Gasteiger charge is -2.10. The maximum atomic E-state index is 12.9. The number of aromatic nitrogens is 3. The first-order chi connectivity index (χ1) is 14.5. The zero-order chi connectivity index (χ0) is 21.1. The molecular weight excluding hydrogens is 386 g/mol. The van der Waals surface area contributed by atoms with E-state index < -0.39 is 12.1 Å². The Morgan fingerprint density at radius 2 is 1.97 bits per heavy atom. The van der Waals surface area contributed by atoms with Crippen LogP contribution in [0.15, 0.2) is 57.7 Å². The fraction of sp³-hybridized carbons (Fsp3) is 0.273. The number of fused-ring (bicyclic) bond motifs is 1. The molecule has 4 rings (SSSR count). The SMILES string of the molecule is CC(C)OCc1c(C(=O)OC(C)c2nc(-c3cccnc3)no2)oc2ccccc12. The van der Waals surface area contributed by atoms with Gasteiger partial charge < -0.3 is 18.4 Å². The van der Waals surface area contributed by atoms with Crippen LogP contribution in [0.25, 0.3) is 22.4 Å². The lowest BCUT2D eigenvalue weighted by Crippen LogP contribution is -2.12. The van der Waals surface area contributed by atoms with Gasteiger partial charge in [-0.1, -0.05) is 23.4 Å². The number of pyridine rings is 1. The Morgan fingerprint density at radius 1 is 1.13 bits per heavy atom. The van der Waals surface area contributed by atoms with Crippen molar-refractivity contribution in [3.63, 3.8) is 0 Å². The molecule has 0 fully saturated rings. The predicted molar refractivity (Wildman–Crippen MR) is 107 cm³/mol. The van der Waals surface area contributed by atoms with Crippen LogP contribution >= 0.6 is 0 Å². The number of nitrogens with zero attached hydrogens (tertiary/aromatic N) is 3. The van der Waals surface area contributed by atoms with Crippen molar-refractivity contribution in [3.05, 3.63) is 66.0 Å². The quantitative estimate of drug-likeness (QED) is 0.406. The second-order valence-electron chi connectivity index (χ2n) is 7.01. The number of para-hydroxylation sites is 1. The molecule has 0 bridgehead atoms. The highest BCUT2D eigenvalue weighted by Gasteiger charge is 2.26. The van der Waals surface area contributed by atoms with Crippen molar-refractivity contribution < 1.29 is 23.2 Å². The van der Waals surface area contributed by atoms with E-state index in [-0.39, 0.29) is 24.4 Å². The van der Waals surface area contributed by atoms with Crippen LogP contribution in [0.4, 0.5) is 0 Å². The summed E-state index contributed by atoms with van der Waals surface area (Å²) in [7, 11) is 0. The van der Waals surface area contributed by atoms with E-state index >= 15 is 0 Å². The van der Waals surface area contributed by atoms with Crippen molar-refractivity contribution in [2.45, 2.75) is 39.6 Å². The van der Waals surface area contributed by atoms with Gasteiger partial charge in [-0.15, -0.1) is 0 Å². The molecule has 30 heavy (non-hydrogen) atoms.